The van der Waals surface area contributed by atoms with Crippen molar-refractivity contribution in [1.82, 2.24) is 19.9 Å². The van der Waals surface area contributed by atoms with E-state index in [4.69, 9.17) is 5.73 Å². The second-order valence-electron chi connectivity index (χ2n) is 8.81. The summed E-state index contributed by atoms with van der Waals surface area (Å²) in [5, 5.41) is 3.62. The van der Waals surface area contributed by atoms with E-state index in [9.17, 15) is 0 Å². The number of rotatable bonds is 6. The number of nitrogens with two attached hydrogens (primary N) is 1. The number of pyridine rings is 1. The Bertz CT molecular complexity index is 1010. The molecule has 33 heavy (non-hydrogen) atoms. The highest BCUT2D eigenvalue weighted by molar-refractivity contribution is 5.54. The van der Waals surface area contributed by atoms with Crippen LogP contribution in [0.2, 0.25) is 0 Å². The number of piperazine rings is 1. The Hall–Kier alpha value is -3.39. The second-order valence-corrected chi connectivity index (χ2v) is 8.81. The molecule has 3 N–H and O–H groups in total. The molecule has 3 aromatic rings. The van der Waals surface area contributed by atoms with Gasteiger partial charge in [0.15, 0.2) is 0 Å². The summed E-state index contributed by atoms with van der Waals surface area (Å²) in [6.07, 6.45) is 4.03. The number of piperidine rings is 1. The van der Waals surface area contributed by atoms with E-state index < -0.39 is 0 Å². The van der Waals surface area contributed by atoms with Crippen LogP contribution in [0, 0.1) is 0 Å². The van der Waals surface area contributed by atoms with Crippen LogP contribution in [0.3, 0.4) is 0 Å². The molecule has 4 heterocycles. The number of hydrogen-bond donors (Lipinski definition) is 2. The third-order valence-corrected chi connectivity index (χ3v) is 6.50. The third kappa shape index (κ3) is 5.51. The molecule has 2 fully saturated rings. The van der Waals surface area contributed by atoms with Gasteiger partial charge in [-0.1, -0.05) is 36.4 Å². The van der Waals surface area contributed by atoms with Gasteiger partial charge in [-0.25, -0.2) is 4.98 Å². The molecule has 0 aliphatic carbocycles. The van der Waals surface area contributed by atoms with Gasteiger partial charge < -0.3 is 20.9 Å². The van der Waals surface area contributed by atoms with Crippen molar-refractivity contribution < 1.29 is 0 Å². The van der Waals surface area contributed by atoms with Crippen molar-refractivity contribution in [2.24, 2.45) is 0 Å². The molecule has 8 nitrogen and oxygen atoms in total. The molecule has 172 valence electrons. The Morgan fingerprint density at radius 3 is 2.21 bits per heavy atom. The van der Waals surface area contributed by atoms with E-state index in [0.717, 1.165) is 76.1 Å². The highest BCUT2D eigenvalue weighted by atomic mass is 15.3. The minimum absolute atomic E-state index is 0.323. The minimum Gasteiger partial charge on any atom is -0.368 e. The van der Waals surface area contributed by atoms with Crippen LogP contribution >= 0.6 is 0 Å². The number of aromatic nitrogens is 3. The highest BCUT2D eigenvalue weighted by Gasteiger charge is 2.22. The summed E-state index contributed by atoms with van der Waals surface area (Å²) in [4.78, 5) is 20.6. The van der Waals surface area contributed by atoms with Crippen molar-refractivity contribution in [1.29, 1.82) is 0 Å². The monoisotopic (exact) mass is 444 g/mol. The van der Waals surface area contributed by atoms with Crippen molar-refractivity contribution in [3.8, 4) is 0 Å². The van der Waals surface area contributed by atoms with E-state index in [0.29, 0.717) is 12.0 Å². The molecule has 0 radical (unpaired) electrons. The number of likely N-dealkylation sites (tertiary alicyclic amines) is 1. The van der Waals surface area contributed by atoms with Crippen LogP contribution in [0.5, 0.6) is 0 Å². The first kappa shape index (κ1) is 21.5. The van der Waals surface area contributed by atoms with Gasteiger partial charge in [-0.15, -0.1) is 0 Å². The summed E-state index contributed by atoms with van der Waals surface area (Å²) in [5.41, 5.74) is 7.46. The lowest BCUT2D eigenvalue weighted by molar-refractivity contribution is 0.211. The molecule has 0 saturated carbocycles. The van der Waals surface area contributed by atoms with Crippen molar-refractivity contribution in [3.05, 3.63) is 66.4 Å². The molecular weight excluding hydrogens is 412 g/mol. The fraction of sp³-hybridized carbons (Fsp3) is 0.400. The summed E-state index contributed by atoms with van der Waals surface area (Å²) in [6.45, 7) is 6.75. The number of hydrogen-bond acceptors (Lipinski definition) is 8. The van der Waals surface area contributed by atoms with Crippen molar-refractivity contribution in [2.45, 2.75) is 25.4 Å². The molecule has 2 aromatic heterocycles. The Morgan fingerprint density at radius 1 is 0.818 bits per heavy atom. The van der Waals surface area contributed by atoms with Crippen LogP contribution in [0.15, 0.2) is 60.8 Å². The lowest BCUT2D eigenvalue weighted by atomic mass is 10.0. The zero-order valence-corrected chi connectivity index (χ0v) is 19.0. The van der Waals surface area contributed by atoms with Gasteiger partial charge in [0, 0.05) is 64.1 Å². The van der Waals surface area contributed by atoms with Crippen LogP contribution in [0.25, 0.3) is 0 Å². The lowest BCUT2D eigenvalue weighted by Gasteiger charge is -2.36. The molecule has 2 saturated heterocycles. The average Bonchev–Trinajstić information content (AvgIpc) is 2.86. The first-order chi connectivity index (χ1) is 16.2. The summed E-state index contributed by atoms with van der Waals surface area (Å²) < 4.78 is 0. The van der Waals surface area contributed by atoms with E-state index in [1.165, 1.54) is 5.56 Å². The maximum atomic E-state index is 6.08. The largest absolute Gasteiger partial charge is 0.368 e. The van der Waals surface area contributed by atoms with Crippen LogP contribution in [-0.2, 0) is 6.54 Å². The van der Waals surface area contributed by atoms with Gasteiger partial charge in [-0.3, -0.25) is 4.90 Å². The standard InChI is InChI=1S/C25H32N8/c26-25-29-22(28-21-9-12-31(13-10-21)19-20-6-2-1-3-7-20)18-24(30-25)33-16-14-32(15-17-33)23-8-4-5-11-27-23/h1-8,11,18,21H,9-10,12-17,19H2,(H3,26,28,29,30). The summed E-state index contributed by atoms with van der Waals surface area (Å²) >= 11 is 0. The Balaban J connectivity index is 1.15. The molecule has 0 amide bonds. The number of nitrogen functional groups attached to an aromatic ring is 1. The molecule has 8 heteroatoms. The number of anilines is 4. The van der Waals surface area contributed by atoms with Crippen LogP contribution < -0.4 is 20.9 Å². The summed E-state index contributed by atoms with van der Waals surface area (Å²) in [7, 11) is 0. The van der Waals surface area contributed by atoms with Crippen molar-refractivity contribution in [2.75, 3.05) is 60.1 Å². The molecule has 2 aliphatic heterocycles. The zero-order chi connectivity index (χ0) is 22.5. The van der Waals surface area contributed by atoms with Gasteiger partial charge in [-0.05, 0) is 30.5 Å². The Labute approximate surface area is 195 Å². The first-order valence-electron chi connectivity index (χ1n) is 11.8. The predicted molar refractivity (Wildman–Crippen MR) is 133 cm³/mol. The first-order valence-corrected chi connectivity index (χ1v) is 11.8. The molecule has 0 atom stereocenters. The lowest BCUT2D eigenvalue weighted by Crippen LogP contribution is -2.47. The quantitative estimate of drug-likeness (QED) is 0.600. The Kier molecular flexibility index (Phi) is 6.53. The maximum absolute atomic E-state index is 6.08. The topological polar surface area (TPSA) is 86.4 Å². The fourth-order valence-electron chi connectivity index (χ4n) is 4.68. The predicted octanol–water partition coefficient (Wildman–Crippen LogP) is 2.86. The molecule has 0 spiro atoms. The normalized spacial score (nSPS) is 17.8. The van der Waals surface area contributed by atoms with E-state index in [2.05, 4.69) is 71.4 Å². The highest BCUT2D eigenvalue weighted by Crippen LogP contribution is 2.23. The maximum Gasteiger partial charge on any atom is 0.223 e. The van der Waals surface area contributed by atoms with Gasteiger partial charge in [0.25, 0.3) is 0 Å². The van der Waals surface area contributed by atoms with Gasteiger partial charge in [0.1, 0.15) is 17.5 Å². The number of nitrogens with zero attached hydrogens (tertiary/aromatic N) is 6. The second kappa shape index (κ2) is 10.0. The smallest absolute Gasteiger partial charge is 0.223 e. The molecular formula is C25H32N8. The Morgan fingerprint density at radius 2 is 1.52 bits per heavy atom. The summed E-state index contributed by atoms with van der Waals surface area (Å²) in [5.74, 6) is 3.07. The fourth-order valence-corrected chi connectivity index (χ4v) is 4.68. The number of nitrogens with one attached hydrogen (secondary N) is 1. The number of benzene rings is 1. The van der Waals surface area contributed by atoms with E-state index in [-0.39, 0.29) is 0 Å². The van der Waals surface area contributed by atoms with Gasteiger partial charge in [-0.2, -0.15) is 9.97 Å². The van der Waals surface area contributed by atoms with Gasteiger partial charge in [0.05, 0.1) is 0 Å². The molecule has 5 rings (SSSR count). The van der Waals surface area contributed by atoms with Crippen LogP contribution in [0.4, 0.5) is 23.4 Å². The van der Waals surface area contributed by atoms with E-state index in [1.807, 2.05) is 24.4 Å². The molecule has 1 aromatic carbocycles. The average molecular weight is 445 g/mol. The molecule has 0 unspecified atom stereocenters. The van der Waals surface area contributed by atoms with Gasteiger partial charge >= 0.3 is 0 Å². The minimum atomic E-state index is 0.323. The van der Waals surface area contributed by atoms with Gasteiger partial charge in [0.2, 0.25) is 5.95 Å². The van der Waals surface area contributed by atoms with Crippen molar-refractivity contribution in [3.63, 3.8) is 0 Å². The third-order valence-electron chi connectivity index (χ3n) is 6.50. The zero-order valence-electron chi connectivity index (χ0n) is 19.0. The molecule has 2 aliphatic rings. The SMILES string of the molecule is Nc1nc(NC2CCN(Cc3ccccc3)CC2)cc(N2CCN(c3ccccn3)CC2)n1. The van der Waals surface area contributed by atoms with E-state index in [1.54, 1.807) is 0 Å². The summed E-state index contributed by atoms with van der Waals surface area (Å²) in [6, 6.07) is 19.2. The molecule has 0 bridgehead atoms. The van der Waals surface area contributed by atoms with E-state index >= 15 is 0 Å². The van der Waals surface area contributed by atoms with Crippen molar-refractivity contribution >= 4 is 23.4 Å². The van der Waals surface area contributed by atoms with Crippen LogP contribution in [0.1, 0.15) is 18.4 Å². The van der Waals surface area contributed by atoms with Crippen LogP contribution in [-0.4, -0.2) is 65.2 Å².